The van der Waals surface area contributed by atoms with Crippen LogP contribution in [0.15, 0.2) is 47.6 Å². The van der Waals surface area contributed by atoms with Crippen molar-refractivity contribution in [2.75, 3.05) is 0 Å². The zero-order valence-corrected chi connectivity index (χ0v) is 13.1. The first kappa shape index (κ1) is 14.4. The molecule has 4 heteroatoms. The molecule has 2 nitrogen and oxygen atoms in total. The third-order valence-electron chi connectivity index (χ3n) is 4.23. The Labute approximate surface area is 134 Å². The number of nitrogens with zero attached hydrogens (tertiary/aromatic N) is 1. The Morgan fingerprint density at radius 3 is 2.43 bits per heavy atom. The van der Waals surface area contributed by atoms with Crippen LogP contribution in [-0.2, 0) is 0 Å². The number of hydrogen-bond acceptors (Lipinski definition) is 2. The molecule has 2 aromatic rings. The second-order valence-corrected chi connectivity index (χ2v) is 6.19. The van der Waals surface area contributed by atoms with Crippen molar-refractivity contribution in [3.8, 4) is 0 Å². The van der Waals surface area contributed by atoms with Crippen molar-refractivity contribution in [3.05, 3.63) is 69.2 Å². The van der Waals surface area contributed by atoms with Crippen molar-refractivity contribution in [3.63, 3.8) is 0 Å². The maximum atomic E-state index is 9.29. The van der Waals surface area contributed by atoms with Gasteiger partial charge in [-0.3, -0.25) is 0 Å². The van der Waals surface area contributed by atoms with Crippen LogP contribution in [-0.4, -0.2) is 10.9 Å². The fourth-order valence-corrected chi connectivity index (χ4v) is 3.36. The van der Waals surface area contributed by atoms with E-state index in [1.54, 1.807) is 0 Å². The zero-order chi connectivity index (χ0) is 15.0. The molecule has 0 bridgehead atoms. The molecule has 2 aromatic carbocycles. The highest BCUT2D eigenvalue weighted by Crippen LogP contribution is 2.41. The van der Waals surface area contributed by atoms with E-state index in [4.69, 9.17) is 23.2 Å². The fraction of sp³-hybridized carbons (Fsp3) is 0.235. The largest absolute Gasteiger partial charge is 0.411 e. The van der Waals surface area contributed by atoms with E-state index in [-0.39, 0.29) is 11.8 Å². The topological polar surface area (TPSA) is 32.6 Å². The molecule has 21 heavy (non-hydrogen) atoms. The summed E-state index contributed by atoms with van der Waals surface area (Å²) >= 11 is 12.2. The highest BCUT2D eigenvalue weighted by atomic mass is 35.5. The van der Waals surface area contributed by atoms with Gasteiger partial charge in [0, 0.05) is 18.3 Å². The van der Waals surface area contributed by atoms with Gasteiger partial charge in [-0.2, -0.15) is 0 Å². The number of hydrogen-bond donors (Lipinski definition) is 1. The highest BCUT2D eigenvalue weighted by Gasteiger charge is 2.30. The molecule has 1 aliphatic carbocycles. The summed E-state index contributed by atoms with van der Waals surface area (Å²) in [5, 5.41) is 13.9. The van der Waals surface area contributed by atoms with Crippen molar-refractivity contribution in [2.45, 2.75) is 25.2 Å². The Morgan fingerprint density at radius 1 is 1.05 bits per heavy atom. The maximum Gasteiger partial charge on any atom is 0.0652 e. The Morgan fingerprint density at radius 2 is 1.76 bits per heavy atom. The lowest BCUT2D eigenvalue weighted by Crippen LogP contribution is -2.23. The van der Waals surface area contributed by atoms with Crippen molar-refractivity contribution in [1.29, 1.82) is 0 Å². The average molecular weight is 320 g/mol. The van der Waals surface area contributed by atoms with E-state index in [9.17, 15) is 5.21 Å². The summed E-state index contributed by atoms with van der Waals surface area (Å²) < 4.78 is 0. The molecule has 0 aromatic heterocycles. The Bertz CT molecular complexity index is 712. The minimum atomic E-state index is 0.130. The van der Waals surface area contributed by atoms with Crippen LogP contribution >= 0.6 is 23.2 Å². The van der Waals surface area contributed by atoms with Gasteiger partial charge in [0.15, 0.2) is 0 Å². The van der Waals surface area contributed by atoms with Gasteiger partial charge in [-0.05, 0) is 28.8 Å². The van der Waals surface area contributed by atoms with Crippen molar-refractivity contribution >= 4 is 28.9 Å². The predicted molar refractivity (Wildman–Crippen MR) is 87.0 cm³/mol. The van der Waals surface area contributed by atoms with E-state index in [1.165, 1.54) is 11.1 Å². The predicted octanol–water partition coefficient (Wildman–Crippen LogP) is 5.46. The molecule has 2 atom stereocenters. The van der Waals surface area contributed by atoms with Gasteiger partial charge in [0.25, 0.3) is 0 Å². The summed E-state index contributed by atoms with van der Waals surface area (Å²) in [5.41, 5.74) is 4.35. The van der Waals surface area contributed by atoms with Crippen LogP contribution in [0.5, 0.6) is 0 Å². The molecule has 3 rings (SSSR count). The molecule has 1 aliphatic rings. The van der Waals surface area contributed by atoms with Crippen LogP contribution in [0.3, 0.4) is 0 Å². The first-order chi connectivity index (χ1) is 10.1. The Balaban J connectivity index is 2.13. The number of halogens is 2. The molecule has 0 heterocycles. The molecule has 0 spiro atoms. The van der Waals surface area contributed by atoms with Crippen LogP contribution in [0.25, 0.3) is 0 Å². The van der Waals surface area contributed by atoms with Gasteiger partial charge in [-0.1, -0.05) is 65.6 Å². The molecular formula is C17H15Cl2NO. The van der Waals surface area contributed by atoms with Crippen molar-refractivity contribution < 1.29 is 5.21 Å². The number of rotatable bonds is 1. The summed E-state index contributed by atoms with van der Waals surface area (Å²) in [6.45, 7) is 2.07. The van der Waals surface area contributed by atoms with Gasteiger partial charge < -0.3 is 5.21 Å². The van der Waals surface area contributed by atoms with E-state index in [2.05, 4.69) is 24.2 Å². The smallest absolute Gasteiger partial charge is 0.0652 e. The SMILES string of the molecule is CC1C(=NO)CC(c2ccc(Cl)c(Cl)c2)c2ccccc21. The van der Waals surface area contributed by atoms with Gasteiger partial charge in [0.2, 0.25) is 0 Å². The Kier molecular flexibility index (Phi) is 3.92. The number of oxime groups is 1. The zero-order valence-electron chi connectivity index (χ0n) is 11.6. The molecule has 0 saturated carbocycles. The molecule has 0 fully saturated rings. The van der Waals surface area contributed by atoms with Crippen LogP contribution in [0.2, 0.25) is 10.0 Å². The highest BCUT2D eigenvalue weighted by molar-refractivity contribution is 6.42. The van der Waals surface area contributed by atoms with Gasteiger partial charge >= 0.3 is 0 Å². The normalized spacial score (nSPS) is 23.1. The van der Waals surface area contributed by atoms with E-state index in [1.807, 2.05) is 30.3 Å². The lowest BCUT2D eigenvalue weighted by atomic mass is 9.73. The summed E-state index contributed by atoms with van der Waals surface area (Å²) in [6.07, 6.45) is 0.687. The first-order valence-electron chi connectivity index (χ1n) is 6.86. The van der Waals surface area contributed by atoms with Crippen LogP contribution in [0.1, 0.15) is 41.9 Å². The minimum Gasteiger partial charge on any atom is -0.411 e. The lowest BCUT2D eigenvalue weighted by Gasteiger charge is -2.31. The quantitative estimate of drug-likeness (QED) is 0.549. The van der Waals surface area contributed by atoms with Gasteiger partial charge in [0.05, 0.1) is 15.8 Å². The van der Waals surface area contributed by atoms with Crippen LogP contribution in [0.4, 0.5) is 0 Å². The Hall–Kier alpha value is -1.51. The molecule has 2 unspecified atom stereocenters. The van der Waals surface area contributed by atoms with Gasteiger partial charge in [0.1, 0.15) is 0 Å². The molecule has 108 valence electrons. The van der Waals surface area contributed by atoms with Crippen LogP contribution in [0, 0.1) is 0 Å². The first-order valence-corrected chi connectivity index (χ1v) is 7.62. The number of benzene rings is 2. The van der Waals surface area contributed by atoms with Crippen molar-refractivity contribution in [2.24, 2.45) is 5.16 Å². The molecule has 1 N–H and O–H groups in total. The summed E-state index contributed by atoms with van der Waals surface area (Å²) in [6, 6.07) is 14.0. The monoisotopic (exact) mass is 319 g/mol. The number of fused-ring (bicyclic) bond motifs is 1. The minimum absolute atomic E-state index is 0.130. The second kappa shape index (κ2) is 5.70. The third-order valence-corrected chi connectivity index (χ3v) is 4.96. The third kappa shape index (κ3) is 2.54. The van der Waals surface area contributed by atoms with E-state index >= 15 is 0 Å². The average Bonchev–Trinajstić information content (AvgIpc) is 2.51. The van der Waals surface area contributed by atoms with Gasteiger partial charge in [-0.25, -0.2) is 0 Å². The standard InChI is InChI=1S/C17H15Cl2NO/c1-10-12-4-2-3-5-13(12)14(9-17(10)20-21)11-6-7-15(18)16(19)8-11/h2-8,10,14,21H,9H2,1H3. The van der Waals surface area contributed by atoms with Crippen LogP contribution < -0.4 is 0 Å². The fourth-order valence-electron chi connectivity index (χ4n) is 3.05. The van der Waals surface area contributed by atoms with Gasteiger partial charge in [-0.15, -0.1) is 0 Å². The molecule has 0 amide bonds. The van der Waals surface area contributed by atoms with Crippen molar-refractivity contribution in [1.82, 2.24) is 0 Å². The lowest BCUT2D eigenvalue weighted by molar-refractivity contribution is 0.314. The van der Waals surface area contributed by atoms with E-state index in [0.29, 0.717) is 16.5 Å². The summed E-state index contributed by atoms with van der Waals surface area (Å²) in [4.78, 5) is 0. The molecule has 0 aliphatic heterocycles. The van der Waals surface area contributed by atoms with E-state index in [0.717, 1.165) is 11.3 Å². The van der Waals surface area contributed by atoms with E-state index < -0.39 is 0 Å². The summed E-state index contributed by atoms with van der Waals surface area (Å²) in [7, 11) is 0. The molecule has 0 radical (unpaired) electrons. The maximum absolute atomic E-state index is 9.29. The second-order valence-electron chi connectivity index (χ2n) is 5.37. The molecule has 0 saturated heterocycles. The molecular weight excluding hydrogens is 305 g/mol. The summed E-state index contributed by atoms with van der Waals surface area (Å²) in [5.74, 6) is 0.267.